The van der Waals surface area contributed by atoms with Crippen LogP contribution in [0.4, 0.5) is 26.3 Å². The van der Waals surface area contributed by atoms with Crippen molar-refractivity contribution in [2.75, 3.05) is 0 Å². The van der Waals surface area contributed by atoms with Crippen molar-refractivity contribution in [1.82, 2.24) is 9.38 Å². The molecule has 0 aliphatic rings. The second kappa shape index (κ2) is 3.78. The summed E-state index contributed by atoms with van der Waals surface area (Å²) in [6.07, 6.45) is -8.09. The van der Waals surface area contributed by atoms with Crippen molar-refractivity contribution in [2.24, 2.45) is 0 Å². The Morgan fingerprint density at radius 3 is 2.17 bits per heavy atom. The van der Waals surface area contributed by atoms with Crippen molar-refractivity contribution in [3.05, 3.63) is 34.7 Å². The lowest BCUT2D eigenvalue weighted by atomic mass is 10.2. The molecule has 0 fully saturated rings. The lowest BCUT2D eigenvalue weighted by molar-refractivity contribution is -0.140. The molecule has 0 unspecified atom stereocenters. The Kier molecular flexibility index (Phi) is 2.73. The van der Waals surface area contributed by atoms with Crippen LogP contribution < -0.4 is 0 Å². The molecule has 98 valence electrons. The number of imidazole rings is 1. The summed E-state index contributed by atoms with van der Waals surface area (Å²) in [7, 11) is 0. The van der Waals surface area contributed by atoms with Crippen LogP contribution in [0.3, 0.4) is 0 Å². The minimum Gasteiger partial charge on any atom is -0.305 e. The maximum Gasteiger partial charge on any atom is 0.434 e. The lowest BCUT2D eigenvalue weighted by Crippen LogP contribution is -2.07. The largest absolute Gasteiger partial charge is 0.434 e. The van der Waals surface area contributed by atoms with Crippen LogP contribution in [0.1, 0.15) is 11.3 Å². The number of pyridine rings is 1. The third kappa shape index (κ3) is 2.12. The molecule has 0 bridgehead atoms. The SMILES string of the molecule is FC(F)(F)c1cn2ccc(C(F)(F)F)c(Cl)c2n1. The highest BCUT2D eigenvalue weighted by Gasteiger charge is 2.37. The highest BCUT2D eigenvalue weighted by atomic mass is 35.5. The maximum atomic E-state index is 12.5. The molecule has 2 heterocycles. The van der Waals surface area contributed by atoms with Gasteiger partial charge in [-0.25, -0.2) is 4.98 Å². The minimum absolute atomic E-state index is 0.571. The first-order valence-corrected chi connectivity index (χ1v) is 4.80. The number of rotatable bonds is 0. The Morgan fingerprint density at radius 1 is 1.06 bits per heavy atom. The standard InChI is InChI=1S/C9H3ClF6N2/c10-6-4(8(11,12)13)1-2-18-3-5(9(14,15)16)17-7(6)18/h1-3H. The molecular formula is C9H3ClF6N2. The van der Waals surface area contributed by atoms with Crippen LogP contribution in [0.15, 0.2) is 18.5 Å². The maximum absolute atomic E-state index is 12.5. The highest BCUT2D eigenvalue weighted by molar-refractivity contribution is 6.34. The first-order chi connectivity index (χ1) is 8.10. The van der Waals surface area contributed by atoms with Crippen LogP contribution in [0.25, 0.3) is 5.65 Å². The molecule has 0 aliphatic carbocycles. The first kappa shape index (κ1) is 13.0. The van der Waals surface area contributed by atoms with E-state index in [1.54, 1.807) is 0 Å². The second-order valence-electron chi connectivity index (χ2n) is 3.40. The van der Waals surface area contributed by atoms with Gasteiger partial charge in [0.05, 0.1) is 10.6 Å². The van der Waals surface area contributed by atoms with E-state index in [0.717, 1.165) is 10.6 Å². The van der Waals surface area contributed by atoms with Gasteiger partial charge in [-0.15, -0.1) is 0 Å². The molecule has 0 amide bonds. The third-order valence-corrected chi connectivity index (χ3v) is 2.54. The van der Waals surface area contributed by atoms with E-state index < -0.39 is 34.3 Å². The van der Waals surface area contributed by atoms with Gasteiger partial charge in [-0.05, 0) is 6.07 Å². The molecule has 2 aromatic heterocycles. The smallest absolute Gasteiger partial charge is 0.305 e. The quantitative estimate of drug-likeness (QED) is 0.669. The van der Waals surface area contributed by atoms with E-state index in [1.807, 2.05) is 0 Å². The lowest BCUT2D eigenvalue weighted by Gasteiger charge is -2.08. The number of hydrogen-bond acceptors (Lipinski definition) is 1. The van der Waals surface area contributed by atoms with Gasteiger partial charge in [-0.1, -0.05) is 11.6 Å². The van der Waals surface area contributed by atoms with Crippen LogP contribution in [-0.2, 0) is 12.4 Å². The molecular weight excluding hydrogens is 286 g/mol. The van der Waals surface area contributed by atoms with E-state index in [0.29, 0.717) is 12.3 Å². The van der Waals surface area contributed by atoms with Gasteiger partial charge in [0.1, 0.15) is 0 Å². The zero-order valence-electron chi connectivity index (χ0n) is 8.27. The summed E-state index contributed by atoms with van der Waals surface area (Å²) in [6.45, 7) is 0. The number of halogens is 7. The molecule has 0 radical (unpaired) electrons. The number of alkyl halides is 6. The summed E-state index contributed by atoms with van der Waals surface area (Å²) in [5.74, 6) is 0. The van der Waals surface area contributed by atoms with Crippen molar-refractivity contribution < 1.29 is 26.3 Å². The first-order valence-electron chi connectivity index (χ1n) is 4.42. The van der Waals surface area contributed by atoms with Crippen LogP contribution in [0, 0.1) is 0 Å². The van der Waals surface area contributed by atoms with E-state index in [-0.39, 0.29) is 0 Å². The number of nitrogens with zero attached hydrogens (tertiary/aromatic N) is 2. The molecule has 0 atom stereocenters. The van der Waals surface area contributed by atoms with Gasteiger partial charge in [-0.3, -0.25) is 0 Å². The molecule has 18 heavy (non-hydrogen) atoms. The average molecular weight is 289 g/mol. The van der Waals surface area contributed by atoms with E-state index in [2.05, 4.69) is 4.98 Å². The zero-order valence-corrected chi connectivity index (χ0v) is 9.03. The van der Waals surface area contributed by atoms with Crippen LogP contribution in [0.5, 0.6) is 0 Å². The number of hydrogen-bond donors (Lipinski definition) is 0. The van der Waals surface area contributed by atoms with E-state index in [9.17, 15) is 26.3 Å². The molecule has 2 aromatic rings. The summed E-state index contributed by atoms with van der Waals surface area (Å²) in [5.41, 5.74) is -3.11. The van der Waals surface area contributed by atoms with Gasteiger partial charge in [0, 0.05) is 12.4 Å². The monoisotopic (exact) mass is 288 g/mol. The van der Waals surface area contributed by atoms with Gasteiger partial charge in [-0.2, -0.15) is 26.3 Å². The summed E-state index contributed by atoms with van der Waals surface area (Å²) in [5, 5.41) is -0.861. The third-order valence-electron chi connectivity index (χ3n) is 2.16. The molecule has 0 N–H and O–H groups in total. The Hall–Kier alpha value is -1.44. The van der Waals surface area contributed by atoms with Gasteiger partial charge in [0.15, 0.2) is 11.3 Å². The van der Waals surface area contributed by atoms with Crippen molar-refractivity contribution in [1.29, 1.82) is 0 Å². The summed E-state index contributed by atoms with van der Waals surface area (Å²) in [4.78, 5) is 3.06. The molecule has 2 nitrogen and oxygen atoms in total. The Morgan fingerprint density at radius 2 is 1.67 bits per heavy atom. The van der Waals surface area contributed by atoms with Crippen molar-refractivity contribution in [3.63, 3.8) is 0 Å². The van der Waals surface area contributed by atoms with Crippen LogP contribution >= 0.6 is 11.6 Å². The Balaban J connectivity index is 2.69. The second-order valence-corrected chi connectivity index (χ2v) is 3.77. The predicted molar refractivity (Wildman–Crippen MR) is 50.2 cm³/mol. The summed E-state index contributed by atoms with van der Waals surface area (Å²) in [6, 6.07) is 0.594. The van der Waals surface area contributed by atoms with Gasteiger partial charge in [0.2, 0.25) is 0 Å². The Labute approximate surface area is 101 Å². The molecule has 2 rings (SSSR count). The fourth-order valence-corrected chi connectivity index (χ4v) is 1.68. The fourth-order valence-electron chi connectivity index (χ4n) is 1.37. The van der Waals surface area contributed by atoms with Gasteiger partial charge in [0.25, 0.3) is 0 Å². The molecule has 0 aromatic carbocycles. The molecule has 0 aliphatic heterocycles. The van der Waals surface area contributed by atoms with E-state index >= 15 is 0 Å². The van der Waals surface area contributed by atoms with E-state index in [4.69, 9.17) is 11.6 Å². The Bertz CT molecular complexity index is 597. The van der Waals surface area contributed by atoms with Gasteiger partial charge < -0.3 is 4.40 Å². The zero-order chi connectivity index (χ0) is 13.7. The molecule has 0 spiro atoms. The molecule has 9 heteroatoms. The summed E-state index contributed by atoms with van der Waals surface area (Å²) >= 11 is 5.42. The van der Waals surface area contributed by atoms with Crippen LogP contribution in [-0.4, -0.2) is 9.38 Å². The minimum atomic E-state index is -4.75. The van der Waals surface area contributed by atoms with Crippen LogP contribution in [0.2, 0.25) is 5.02 Å². The number of fused-ring (bicyclic) bond motifs is 1. The normalized spacial score (nSPS) is 13.3. The van der Waals surface area contributed by atoms with Gasteiger partial charge >= 0.3 is 12.4 Å². The van der Waals surface area contributed by atoms with E-state index in [1.165, 1.54) is 0 Å². The molecule has 0 saturated carbocycles. The summed E-state index contributed by atoms with van der Waals surface area (Å²) < 4.78 is 75.3. The topological polar surface area (TPSA) is 17.3 Å². The highest BCUT2D eigenvalue weighted by Crippen LogP contribution is 2.37. The molecule has 0 saturated heterocycles. The van der Waals surface area contributed by atoms with Crippen molar-refractivity contribution in [2.45, 2.75) is 12.4 Å². The average Bonchev–Trinajstić information content (AvgIpc) is 2.59. The fraction of sp³-hybridized carbons (Fsp3) is 0.222. The van der Waals surface area contributed by atoms with Crippen molar-refractivity contribution >= 4 is 17.2 Å². The predicted octanol–water partition coefficient (Wildman–Crippen LogP) is 4.03. The number of aromatic nitrogens is 2. The van der Waals surface area contributed by atoms with Crippen molar-refractivity contribution in [3.8, 4) is 0 Å².